The summed E-state index contributed by atoms with van der Waals surface area (Å²) >= 11 is 5.93. The Morgan fingerprint density at radius 1 is 1.30 bits per heavy atom. The number of rotatable bonds is 7. The van der Waals surface area contributed by atoms with Crippen LogP contribution in [-0.4, -0.2) is 29.4 Å². The molecule has 0 saturated heterocycles. The van der Waals surface area contributed by atoms with Gasteiger partial charge in [0.15, 0.2) is 0 Å². The lowest BCUT2D eigenvalue weighted by molar-refractivity contribution is -0.137. The van der Waals surface area contributed by atoms with Crippen LogP contribution in [0.15, 0.2) is 42.6 Å². The molecule has 0 bridgehead atoms. The van der Waals surface area contributed by atoms with Gasteiger partial charge in [-0.15, -0.1) is 0 Å². The first-order chi connectivity index (χ1) is 12.7. The van der Waals surface area contributed by atoms with E-state index in [2.05, 4.69) is 10.3 Å². The van der Waals surface area contributed by atoms with Gasteiger partial charge in [0.25, 0.3) is 0 Å². The number of amides is 1. The lowest BCUT2D eigenvalue weighted by Crippen LogP contribution is -2.33. The predicted molar refractivity (Wildman–Crippen MR) is 99.6 cm³/mol. The van der Waals surface area contributed by atoms with Crippen LogP contribution in [0.25, 0.3) is 0 Å². The SMILES string of the molecule is CCC[C@H](c1ccccn1)N(C)CC(=O)Nc1cc(C(F)(F)F)ccc1Cl. The molecule has 2 rings (SSSR count). The number of nitrogens with zero attached hydrogens (tertiary/aromatic N) is 2. The zero-order valence-electron chi connectivity index (χ0n) is 15.1. The molecule has 4 nitrogen and oxygen atoms in total. The Hall–Kier alpha value is -2.12. The molecule has 1 N–H and O–H groups in total. The second-order valence-electron chi connectivity index (χ2n) is 6.21. The normalized spacial score (nSPS) is 12.9. The number of benzene rings is 1. The minimum absolute atomic E-state index is 0.00614. The average molecular weight is 400 g/mol. The fourth-order valence-electron chi connectivity index (χ4n) is 2.76. The van der Waals surface area contributed by atoms with Gasteiger partial charge in [0.2, 0.25) is 5.91 Å². The molecule has 1 amide bonds. The van der Waals surface area contributed by atoms with E-state index in [9.17, 15) is 18.0 Å². The number of nitrogens with one attached hydrogen (secondary N) is 1. The lowest BCUT2D eigenvalue weighted by Gasteiger charge is -2.27. The number of halogens is 4. The molecule has 1 heterocycles. The molecule has 0 saturated carbocycles. The minimum atomic E-state index is -4.51. The van der Waals surface area contributed by atoms with Crippen LogP contribution in [0.1, 0.15) is 37.1 Å². The zero-order valence-corrected chi connectivity index (χ0v) is 15.8. The van der Waals surface area contributed by atoms with Crippen LogP contribution in [0.2, 0.25) is 5.02 Å². The van der Waals surface area contributed by atoms with Crippen LogP contribution >= 0.6 is 11.6 Å². The van der Waals surface area contributed by atoms with Crippen molar-refractivity contribution < 1.29 is 18.0 Å². The van der Waals surface area contributed by atoms with Crippen molar-refractivity contribution in [1.29, 1.82) is 0 Å². The highest BCUT2D eigenvalue weighted by Crippen LogP contribution is 2.33. The van der Waals surface area contributed by atoms with Crippen molar-refractivity contribution in [1.82, 2.24) is 9.88 Å². The maximum atomic E-state index is 12.9. The van der Waals surface area contributed by atoms with Crippen LogP contribution in [0.4, 0.5) is 18.9 Å². The second-order valence-corrected chi connectivity index (χ2v) is 6.62. The number of carbonyl (C=O) groups is 1. The molecule has 0 fully saturated rings. The van der Waals surface area contributed by atoms with E-state index in [1.165, 1.54) is 0 Å². The molecule has 8 heteroatoms. The van der Waals surface area contributed by atoms with Crippen molar-refractivity contribution in [3.63, 3.8) is 0 Å². The monoisotopic (exact) mass is 399 g/mol. The van der Waals surface area contributed by atoms with Gasteiger partial charge < -0.3 is 5.32 Å². The first kappa shape index (κ1) is 21.2. The number of carbonyl (C=O) groups excluding carboxylic acids is 1. The second kappa shape index (κ2) is 9.19. The molecule has 1 aromatic heterocycles. The fourth-order valence-corrected chi connectivity index (χ4v) is 2.93. The van der Waals surface area contributed by atoms with E-state index < -0.39 is 17.6 Å². The van der Waals surface area contributed by atoms with Gasteiger partial charge in [0, 0.05) is 6.20 Å². The summed E-state index contributed by atoms with van der Waals surface area (Å²) in [5.41, 5.74) is -0.0885. The van der Waals surface area contributed by atoms with Crippen LogP contribution in [0.5, 0.6) is 0 Å². The molecule has 0 unspecified atom stereocenters. The van der Waals surface area contributed by atoms with E-state index in [4.69, 9.17) is 11.6 Å². The Morgan fingerprint density at radius 3 is 2.63 bits per heavy atom. The van der Waals surface area contributed by atoms with Gasteiger partial charge in [-0.05, 0) is 43.8 Å². The van der Waals surface area contributed by atoms with Gasteiger partial charge in [-0.3, -0.25) is 14.7 Å². The van der Waals surface area contributed by atoms with Crippen LogP contribution < -0.4 is 5.32 Å². The maximum absolute atomic E-state index is 12.9. The summed E-state index contributed by atoms with van der Waals surface area (Å²) in [6.45, 7) is 2.03. The molecule has 0 spiro atoms. The Morgan fingerprint density at radius 2 is 2.04 bits per heavy atom. The average Bonchev–Trinajstić information content (AvgIpc) is 2.61. The van der Waals surface area contributed by atoms with Crippen molar-refractivity contribution in [3.8, 4) is 0 Å². The van der Waals surface area contributed by atoms with E-state index in [1.54, 1.807) is 13.2 Å². The topological polar surface area (TPSA) is 45.2 Å². The minimum Gasteiger partial charge on any atom is -0.324 e. The van der Waals surface area contributed by atoms with E-state index >= 15 is 0 Å². The van der Waals surface area contributed by atoms with Crippen LogP contribution in [0.3, 0.4) is 0 Å². The summed E-state index contributed by atoms with van der Waals surface area (Å²) in [5, 5.41) is 2.52. The summed E-state index contributed by atoms with van der Waals surface area (Å²) in [6, 6.07) is 8.34. The Balaban J connectivity index is 2.10. The summed E-state index contributed by atoms with van der Waals surface area (Å²) in [5.74, 6) is -0.448. The molecule has 0 aliphatic carbocycles. The molecule has 1 aromatic carbocycles. The van der Waals surface area contributed by atoms with Gasteiger partial charge in [-0.1, -0.05) is 31.0 Å². The smallest absolute Gasteiger partial charge is 0.324 e. The van der Waals surface area contributed by atoms with Gasteiger partial charge in [0.1, 0.15) is 0 Å². The molecule has 0 aliphatic heterocycles. The van der Waals surface area contributed by atoms with Gasteiger partial charge in [-0.2, -0.15) is 13.2 Å². The number of aromatic nitrogens is 1. The summed E-state index contributed by atoms with van der Waals surface area (Å²) in [4.78, 5) is 18.5. The lowest BCUT2D eigenvalue weighted by atomic mass is 10.1. The predicted octanol–water partition coefficient (Wildman–Crippen LogP) is 5.17. The quantitative estimate of drug-likeness (QED) is 0.699. The molecule has 1 atom stereocenters. The van der Waals surface area contributed by atoms with E-state index in [1.807, 2.05) is 30.0 Å². The molecule has 0 radical (unpaired) electrons. The number of alkyl halides is 3. The van der Waals surface area contributed by atoms with Crippen molar-refractivity contribution in [2.45, 2.75) is 32.0 Å². The third-order valence-corrected chi connectivity index (χ3v) is 4.41. The third kappa shape index (κ3) is 5.94. The van der Waals surface area contributed by atoms with Crippen molar-refractivity contribution in [3.05, 3.63) is 58.9 Å². The van der Waals surface area contributed by atoms with E-state index in [0.717, 1.165) is 36.7 Å². The Labute approximate surface area is 161 Å². The standard InChI is InChI=1S/C19H21ClF3N3O/c1-3-6-17(15-7-4-5-10-24-15)26(2)12-18(27)25-16-11-13(19(21,22)23)8-9-14(16)20/h4-5,7-11,17H,3,6,12H2,1-2H3,(H,25,27)/t17-/m1/s1. The molecular formula is C19H21ClF3N3O. The summed E-state index contributed by atoms with van der Waals surface area (Å²) in [7, 11) is 1.78. The molecular weight excluding hydrogens is 379 g/mol. The van der Waals surface area contributed by atoms with Crippen LogP contribution in [0, 0.1) is 0 Å². The number of likely N-dealkylation sites (N-methyl/N-ethyl adjacent to an activating group) is 1. The summed E-state index contributed by atoms with van der Waals surface area (Å²) in [6.07, 6.45) is -1.13. The van der Waals surface area contributed by atoms with Gasteiger partial charge in [-0.25, -0.2) is 0 Å². The van der Waals surface area contributed by atoms with Gasteiger partial charge in [0.05, 0.1) is 34.6 Å². The van der Waals surface area contributed by atoms with Gasteiger partial charge >= 0.3 is 6.18 Å². The zero-order chi connectivity index (χ0) is 20.0. The molecule has 0 aliphatic rings. The number of hydrogen-bond donors (Lipinski definition) is 1. The highest BCUT2D eigenvalue weighted by atomic mass is 35.5. The Kier molecular flexibility index (Phi) is 7.21. The molecule has 2 aromatic rings. The first-order valence-electron chi connectivity index (χ1n) is 8.50. The van der Waals surface area contributed by atoms with Crippen molar-refractivity contribution >= 4 is 23.2 Å². The number of anilines is 1. The van der Waals surface area contributed by atoms with E-state index in [-0.39, 0.29) is 23.3 Å². The molecule has 146 valence electrons. The van der Waals surface area contributed by atoms with Crippen molar-refractivity contribution in [2.24, 2.45) is 0 Å². The molecule has 27 heavy (non-hydrogen) atoms. The number of pyridine rings is 1. The highest BCUT2D eigenvalue weighted by molar-refractivity contribution is 6.33. The first-order valence-corrected chi connectivity index (χ1v) is 8.88. The van der Waals surface area contributed by atoms with Crippen LogP contribution in [-0.2, 0) is 11.0 Å². The van der Waals surface area contributed by atoms with Crippen molar-refractivity contribution in [2.75, 3.05) is 18.9 Å². The highest BCUT2D eigenvalue weighted by Gasteiger charge is 2.31. The Bertz CT molecular complexity index is 769. The van der Waals surface area contributed by atoms with E-state index in [0.29, 0.717) is 0 Å². The summed E-state index contributed by atoms with van der Waals surface area (Å²) < 4.78 is 38.6. The maximum Gasteiger partial charge on any atom is 0.416 e. The third-order valence-electron chi connectivity index (χ3n) is 4.08. The number of hydrogen-bond acceptors (Lipinski definition) is 3. The largest absolute Gasteiger partial charge is 0.416 e. The fraction of sp³-hybridized carbons (Fsp3) is 0.368.